The third-order valence-corrected chi connectivity index (χ3v) is 4.67. The normalized spacial score (nSPS) is 20.3. The lowest BCUT2D eigenvalue weighted by Gasteiger charge is -2.09. The minimum Gasteiger partial charge on any atom is -0.314 e. The zero-order valence-corrected chi connectivity index (χ0v) is 11.1. The van der Waals surface area contributed by atoms with Crippen LogP contribution in [0.2, 0.25) is 0 Å². The molecule has 3 rings (SSSR count). The van der Waals surface area contributed by atoms with Gasteiger partial charge in [-0.2, -0.15) is 13.2 Å². The van der Waals surface area contributed by atoms with E-state index in [0.29, 0.717) is 16.1 Å². The Morgan fingerprint density at radius 1 is 1.26 bits per heavy atom. The fraction of sp³-hybridized carbons (Fsp3) is 0.429. The maximum Gasteiger partial charge on any atom is 0.425 e. The first kappa shape index (κ1) is 12.9. The molecule has 1 atom stereocenters. The van der Waals surface area contributed by atoms with Gasteiger partial charge in [0, 0.05) is 10.7 Å². The number of alkyl halides is 3. The molecule has 1 N–H and O–H groups in total. The fourth-order valence-corrected chi connectivity index (χ4v) is 3.49. The lowest BCUT2D eigenvalue weighted by molar-refractivity contribution is -0.134. The number of hydrogen-bond donors (Lipinski definition) is 1. The van der Waals surface area contributed by atoms with Gasteiger partial charge in [-0.1, -0.05) is 12.1 Å². The van der Waals surface area contributed by atoms with Crippen LogP contribution in [0, 0.1) is 0 Å². The number of benzene rings is 1. The van der Waals surface area contributed by atoms with Crippen molar-refractivity contribution in [1.82, 2.24) is 5.32 Å². The second-order valence-corrected chi connectivity index (χ2v) is 6.06. The van der Waals surface area contributed by atoms with Gasteiger partial charge in [0.2, 0.25) is 0 Å². The molecule has 0 spiro atoms. The van der Waals surface area contributed by atoms with E-state index in [4.69, 9.17) is 0 Å². The van der Waals surface area contributed by atoms with Crippen molar-refractivity contribution in [1.29, 1.82) is 0 Å². The Morgan fingerprint density at radius 3 is 2.79 bits per heavy atom. The first-order valence-corrected chi connectivity index (χ1v) is 7.17. The Balaban J connectivity index is 1.87. The van der Waals surface area contributed by atoms with Gasteiger partial charge in [0.25, 0.3) is 0 Å². The van der Waals surface area contributed by atoms with E-state index < -0.39 is 11.1 Å². The van der Waals surface area contributed by atoms with Crippen LogP contribution >= 0.6 is 11.3 Å². The van der Waals surface area contributed by atoms with Crippen molar-refractivity contribution >= 4 is 21.4 Å². The van der Waals surface area contributed by atoms with E-state index in [0.717, 1.165) is 36.3 Å². The van der Waals surface area contributed by atoms with Crippen LogP contribution in [0.25, 0.3) is 10.1 Å². The van der Waals surface area contributed by atoms with E-state index in [-0.39, 0.29) is 0 Å². The zero-order valence-electron chi connectivity index (χ0n) is 10.3. The number of thiophene rings is 1. The molecule has 5 heteroatoms. The summed E-state index contributed by atoms with van der Waals surface area (Å²) in [6.45, 7) is 1.05. The molecule has 1 fully saturated rings. The summed E-state index contributed by atoms with van der Waals surface area (Å²) >= 11 is 0.815. The zero-order chi connectivity index (χ0) is 13.5. The molecule has 2 heterocycles. The maximum atomic E-state index is 12.7. The first-order valence-electron chi connectivity index (χ1n) is 6.35. The molecular weight excluding hydrogens is 271 g/mol. The molecule has 1 aliphatic rings. The highest BCUT2D eigenvalue weighted by atomic mass is 32.1. The van der Waals surface area contributed by atoms with Crippen molar-refractivity contribution in [2.45, 2.75) is 31.5 Å². The monoisotopic (exact) mass is 285 g/mol. The van der Waals surface area contributed by atoms with Gasteiger partial charge >= 0.3 is 6.18 Å². The summed E-state index contributed by atoms with van der Waals surface area (Å²) in [5.74, 6) is 0. The van der Waals surface area contributed by atoms with E-state index >= 15 is 0 Å². The van der Waals surface area contributed by atoms with Crippen molar-refractivity contribution in [3.63, 3.8) is 0 Å². The molecule has 1 aromatic heterocycles. The standard InChI is InChI=1S/C14H14F3NS/c15-14(16,17)13-8-10-6-9(3-4-12(10)19-13)7-11-2-1-5-18-11/h3-4,6,8,11,18H,1-2,5,7H2. The van der Waals surface area contributed by atoms with Crippen molar-refractivity contribution in [3.05, 3.63) is 34.7 Å². The quantitative estimate of drug-likeness (QED) is 0.871. The molecule has 0 amide bonds. The average Bonchev–Trinajstić information content (AvgIpc) is 2.95. The predicted molar refractivity (Wildman–Crippen MR) is 71.6 cm³/mol. The smallest absolute Gasteiger partial charge is 0.314 e. The summed E-state index contributed by atoms with van der Waals surface area (Å²) in [5.41, 5.74) is 1.11. The van der Waals surface area contributed by atoms with Gasteiger partial charge in [-0.05, 0) is 48.9 Å². The summed E-state index contributed by atoms with van der Waals surface area (Å²) in [7, 11) is 0. The van der Waals surface area contributed by atoms with Gasteiger partial charge in [-0.15, -0.1) is 11.3 Å². The molecule has 1 aromatic carbocycles. The summed E-state index contributed by atoms with van der Waals surface area (Å²) in [6, 6.07) is 7.36. The van der Waals surface area contributed by atoms with Crippen LogP contribution in [-0.4, -0.2) is 12.6 Å². The van der Waals surface area contributed by atoms with Crippen molar-refractivity contribution in [2.24, 2.45) is 0 Å². The second-order valence-electron chi connectivity index (χ2n) is 4.98. The molecule has 0 radical (unpaired) electrons. The van der Waals surface area contributed by atoms with Gasteiger partial charge in [-0.25, -0.2) is 0 Å². The molecule has 1 aliphatic heterocycles. The summed E-state index contributed by atoms with van der Waals surface area (Å²) in [4.78, 5) is -0.515. The second kappa shape index (κ2) is 4.80. The molecule has 2 aromatic rings. The van der Waals surface area contributed by atoms with Gasteiger partial charge < -0.3 is 5.32 Å². The number of rotatable bonds is 2. The van der Waals surface area contributed by atoms with Gasteiger partial charge in [0.1, 0.15) is 4.88 Å². The third kappa shape index (κ3) is 2.77. The fourth-order valence-electron chi connectivity index (χ4n) is 2.57. The van der Waals surface area contributed by atoms with Crippen LogP contribution in [-0.2, 0) is 12.6 Å². The molecule has 1 unspecified atom stereocenters. The van der Waals surface area contributed by atoms with Crippen LogP contribution < -0.4 is 5.32 Å². The predicted octanol–water partition coefficient (Wildman–Crippen LogP) is 4.21. The van der Waals surface area contributed by atoms with Gasteiger partial charge in [0.05, 0.1) is 0 Å². The lowest BCUT2D eigenvalue weighted by atomic mass is 10.0. The minimum atomic E-state index is -4.24. The van der Waals surface area contributed by atoms with Gasteiger partial charge in [-0.3, -0.25) is 0 Å². The lowest BCUT2D eigenvalue weighted by Crippen LogP contribution is -2.23. The van der Waals surface area contributed by atoms with Crippen molar-refractivity contribution in [2.75, 3.05) is 6.54 Å². The van der Waals surface area contributed by atoms with E-state index in [1.807, 2.05) is 12.1 Å². The van der Waals surface area contributed by atoms with Crippen molar-refractivity contribution in [3.8, 4) is 0 Å². The third-order valence-electron chi connectivity index (χ3n) is 3.50. The van der Waals surface area contributed by atoms with Crippen LogP contribution in [0.5, 0.6) is 0 Å². The molecular formula is C14H14F3NS. The Morgan fingerprint density at radius 2 is 2.11 bits per heavy atom. The highest BCUT2D eigenvalue weighted by molar-refractivity contribution is 7.19. The summed E-state index contributed by atoms with van der Waals surface area (Å²) in [5, 5.41) is 4.11. The van der Waals surface area contributed by atoms with Crippen molar-refractivity contribution < 1.29 is 13.2 Å². The van der Waals surface area contributed by atoms with Crippen LogP contribution in [0.3, 0.4) is 0 Å². The number of nitrogens with one attached hydrogen (secondary N) is 1. The molecule has 0 aliphatic carbocycles. The average molecular weight is 285 g/mol. The molecule has 0 saturated carbocycles. The van der Waals surface area contributed by atoms with Crippen LogP contribution in [0.15, 0.2) is 24.3 Å². The molecule has 102 valence electrons. The molecule has 19 heavy (non-hydrogen) atoms. The van der Waals surface area contributed by atoms with Crippen LogP contribution in [0.4, 0.5) is 13.2 Å². The SMILES string of the molecule is FC(F)(F)c1cc2cc(CC3CCCN3)ccc2s1. The van der Waals surface area contributed by atoms with E-state index in [2.05, 4.69) is 5.32 Å². The Hall–Kier alpha value is -1.07. The topological polar surface area (TPSA) is 12.0 Å². The van der Waals surface area contributed by atoms with Gasteiger partial charge in [0.15, 0.2) is 0 Å². The van der Waals surface area contributed by atoms with E-state index in [9.17, 15) is 13.2 Å². The largest absolute Gasteiger partial charge is 0.425 e. The highest BCUT2D eigenvalue weighted by Crippen LogP contribution is 2.38. The number of fused-ring (bicyclic) bond motifs is 1. The minimum absolute atomic E-state index is 0.471. The number of hydrogen-bond acceptors (Lipinski definition) is 2. The summed E-state index contributed by atoms with van der Waals surface area (Å²) < 4.78 is 38.7. The Labute approximate surface area is 113 Å². The summed E-state index contributed by atoms with van der Waals surface area (Å²) in [6.07, 6.45) is -1.01. The van der Waals surface area contributed by atoms with Crippen LogP contribution in [0.1, 0.15) is 23.3 Å². The molecule has 1 saturated heterocycles. The Kier molecular flexibility index (Phi) is 3.27. The Bertz CT molecular complexity index is 582. The first-order chi connectivity index (χ1) is 9.02. The number of halogens is 3. The van der Waals surface area contributed by atoms with E-state index in [1.165, 1.54) is 12.5 Å². The molecule has 0 bridgehead atoms. The molecule has 1 nitrogen and oxygen atoms in total. The van der Waals surface area contributed by atoms with E-state index in [1.54, 1.807) is 6.07 Å². The highest BCUT2D eigenvalue weighted by Gasteiger charge is 2.32. The maximum absolute atomic E-state index is 12.7.